The van der Waals surface area contributed by atoms with Crippen molar-refractivity contribution < 1.29 is 0 Å². The second kappa shape index (κ2) is 6.84. The van der Waals surface area contributed by atoms with Gasteiger partial charge in [-0.3, -0.25) is 0 Å². The van der Waals surface area contributed by atoms with Crippen LogP contribution in [-0.4, -0.2) is 0 Å². The van der Waals surface area contributed by atoms with Gasteiger partial charge in [-0.25, -0.2) is 0 Å². The molecule has 0 saturated heterocycles. The van der Waals surface area contributed by atoms with Crippen molar-refractivity contribution >= 4 is 30.2 Å². The third kappa shape index (κ3) is 3.00. The third-order valence-electron chi connectivity index (χ3n) is 4.19. The van der Waals surface area contributed by atoms with Gasteiger partial charge in [0.15, 0.2) is 7.58 Å². The molecular weight excluding hydrogens is 335 g/mol. The van der Waals surface area contributed by atoms with Gasteiger partial charge in [-0.05, 0) is 34.5 Å². The third-order valence-corrected chi connectivity index (χ3v) is 6.79. The molecule has 1 aliphatic heterocycles. The molecule has 0 aliphatic carbocycles. The number of para-hydroxylation sites is 2. The lowest BCUT2D eigenvalue weighted by Gasteiger charge is -2.27. The number of hydrogen-bond donors (Lipinski definition) is 0. The SMILES string of the molecule is ClP1N(Cc2ccccc2)c2ccccc2N1Cc1ccccc1. The van der Waals surface area contributed by atoms with Gasteiger partial charge in [0.2, 0.25) is 0 Å². The first-order valence-corrected chi connectivity index (χ1v) is 10.2. The maximum atomic E-state index is 6.93. The molecule has 120 valence electrons. The van der Waals surface area contributed by atoms with E-state index in [1.165, 1.54) is 22.5 Å². The van der Waals surface area contributed by atoms with Gasteiger partial charge in [0.1, 0.15) is 0 Å². The maximum Gasteiger partial charge on any atom is 0.198 e. The summed E-state index contributed by atoms with van der Waals surface area (Å²) in [5.74, 6) is 0. The van der Waals surface area contributed by atoms with E-state index in [1.807, 2.05) is 12.1 Å². The molecule has 2 nitrogen and oxygen atoms in total. The number of rotatable bonds is 4. The average Bonchev–Trinajstić information content (AvgIpc) is 2.90. The Balaban J connectivity index is 1.65. The van der Waals surface area contributed by atoms with Crippen molar-refractivity contribution in [2.45, 2.75) is 13.1 Å². The molecule has 0 atom stereocenters. The van der Waals surface area contributed by atoms with Crippen LogP contribution in [0.3, 0.4) is 0 Å². The van der Waals surface area contributed by atoms with Crippen LogP contribution in [-0.2, 0) is 13.1 Å². The van der Waals surface area contributed by atoms with Crippen molar-refractivity contribution in [3.63, 3.8) is 0 Å². The van der Waals surface area contributed by atoms with Crippen LogP contribution in [0.25, 0.3) is 0 Å². The molecule has 0 aromatic heterocycles. The van der Waals surface area contributed by atoms with Crippen LogP contribution in [0.4, 0.5) is 11.4 Å². The summed E-state index contributed by atoms with van der Waals surface area (Å²) in [5.41, 5.74) is 5.00. The van der Waals surface area contributed by atoms with Gasteiger partial charge < -0.3 is 9.34 Å². The molecule has 1 aliphatic rings. The van der Waals surface area contributed by atoms with Crippen LogP contribution < -0.4 is 9.34 Å². The summed E-state index contributed by atoms with van der Waals surface area (Å²) >= 11 is 6.93. The first kappa shape index (κ1) is 15.5. The smallest absolute Gasteiger partial charge is 0.198 e. The second-order valence-electron chi connectivity index (χ2n) is 5.82. The van der Waals surface area contributed by atoms with Crippen molar-refractivity contribution in [3.8, 4) is 0 Å². The highest BCUT2D eigenvalue weighted by atomic mass is 35.7. The highest BCUT2D eigenvalue weighted by Gasteiger charge is 2.35. The summed E-state index contributed by atoms with van der Waals surface area (Å²) in [7, 11) is -0.927. The van der Waals surface area contributed by atoms with Gasteiger partial charge in [-0.2, -0.15) is 0 Å². The van der Waals surface area contributed by atoms with Crippen molar-refractivity contribution in [1.29, 1.82) is 0 Å². The fraction of sp³-hybridized carbons (Fsp3) is 0.100. The highest BCUT2D eigenvalue weighted by Crippen LogP contribution is 2.63. The van der Waals surface area contributed by atoms with Gasteiger partial charge in [-0.1, -0.05) is 72.8 Å². The van der Waals surface area contributed by atoms with Gasteiger partial charge in [0.05, 0.1) is 11.4 Å². The molecule has 3 aromatic carbocycles. The van der Waals surface area contributed by atoms with Crippen molar-refractivity contribution in [2.75, 3.05) is 9.34 Å². The van der Waals surface area contributed by atoms with Crippen LogP contribution in [0, 0.1) is 0 Å². The van der Waals surface area contributed by atoms with Crippen LogP contribution >= 0.6 is 18.8 Å². The predicted octanol–water partition coefficient (Wildman–Crippen LogP) is 6.18. The molecule has 0 N–H and O–H groups in total. The Morgan fingerprint density at radius 2 is 0.958 bits per heavy atom. The Hall–Kier alpha value is -2.02. The van der Waals surface area contributed by atoms with Gasteiger partial charge >= 0.3 is 0 Å². The number of fused-ring (bicyclic) bond motifs is 1. The molecule has 0 amide bonds. The minimum Gasteiger partial charge on any atom is -0.315 e. The molecule has 0 radical (unpaired) electrons. The molecule has 3 aromatic rings. The van der Waals surface area contributed by atoms with Gasteiger partial charge in [-0.15, -0.1) is 0 Å². The lowest BCUT2D eigenvalue weighted by molar-refractivity contribution is 1.05. The summed E-state index contributed by atoms with van der Waals surface area (Å²) in [6.45, 7) is 1.66. The zero-order chi connectivity index (χ0) is 16.4. The van der Waals surface area contributed by atoms with E-state index >= 15 is 0 Å². The van der Waals surface area contributed by atoms with E-state index in [0.29, 0.717) is 0 Å². The van der Waals surface area contributed by atoms with E-state index in [9.17, 15) is 0 Å². The van der Waals surface area contributed by atoms with Crippen LogP contribution in [0.5, 0.6) is 0 Å². The first-order chi connectivity index (χ1) is 11.8. The number of benzene rings is 3. The molecular formula is C20H18ClN2P. The maximum absolute atomic E-state index is 6.93. The van der Waals surface area contributed by atoms with E-state index in [2.05, 4.69) is 82.1 Å². The zero-order valence-corrected chi connectivity index (χ0v) is 14.9. The fourth-order valence-corrected chi connectivity index (χ4v) is 5.33. The normalized spacial score (nSPS) is 14.0. The molecule has 24 heavy (non-hydrogen) atoms. The lowest BCUT2D eigenvalue weighted by Crippen LogP contribution is -2.17. The predicted molar refractivity (Wildman–Crippen MR) is 104 cm³/mol. The van der Waals surface area contributed by atoms with Crippen molar-refractivity contribution in [3.05, 3.63) is 96.1 Å². The van der Waals surface area contributed by atoms with E-state index in [-0.39, 0.29) is 0 Å². The van der Waals surface area contributed by atoms with E-state index in [0.717, 1.165) is 13.1 Å². The first-order valence-electron chi connectivity index (χ1n) is 8.00. The Morgan fingerprint density at radius 1 is 0.583 bits per heavy atom. The Bertz CT molecular complexity index is 742. The quantitative estimate of drug-likeness (QED) is 0.517. The molecule has 0 spiro atoms. The molecule has 0 bridgehead atoms. The monoisotopic (exact) mass is 352 g/mol. The molecule has 0 fully saturated rings. The number of nitrogens with zero attached hydrogens (tertiary/aromatic N) is 2. The largest absolute Gasteiger partial charge is 0.315 e. The van der Waals surface area contributed by atoms with E-state index in [4.69, 9.17) is 11.2 Å². The van der Waals surface area contributed by atoms with Crippen LogP contribution in [0.15, 0.2) is 84.9 Å². The molecule has 0 saturated carbocycles. The molecule has 0 unspecified atom stereocenters. The topological polar surface area (TPSA) is 6.48 Å². The lowest BCUT2D eigenvalue weighted by atomic mass is 10.2. The van der Waals surface area contributed by atoms with E-state index < -0.39 is 7.58 Å². The molecule has 4 heteroatoms. The minimum absolute atomic E-state index is 0.832. The van der Waals surface area contributed by atoms with Gasteiger partial charge in [0.25, 0.3) is 0 Å². The van der Waals surface area contributed by atoms with Crippen molar-refractivity contribution in [1.82, 2.24) is 0 Å². The molecule has 4 rings (SSSR count). The number of halogens is 1. The summed E-state index contributed by atoms with van der Waals surface area (Å²) < 4.78 is 4.65. The minimum atomic E-state index is -0.927. The van der Waals surface area contributed by atoms with E-state index in [1.54, 1.807) is 0 Å². The summed E-state index contributed by atoms with van der Waals surface area (Å²) in [6.07, 6.45) is 0. The Kier molecular flexibility index (Phi) is 4.42. The average molecular weight is 353 g/mol. The fourth-order valence-electron chi connectivity index (χ4n) is 3.01. The van der Waals surface area contributed by atoms with Crippen LogP contribution in [0.1, 0.15) is 11.1 Å². The standard InChI is InChI=1S/C20H18ClN2P/c21-24-22(15-17-9-3-1-4-10-17)19-13-7-8-14-20(19)23(24)16-18-11-5-2-6-12-18/h1-14H,15-16H2. The Labute approximate surface area is 148 Å². The summed E-state index contributed by atoms with van der Waals surface area (Å²) in [5, 5.41) is 0. The number of hydrogen-bond acceptors (Lipinski definition) is 2. The van der Waals surface area contributed by atoms with Crippen LogP contribution in [0.2, 0.25) is 0 Å². The van der Waals surface area contributed by atoms with Crippen molar-refractivity contribution in [2.24, 2.45) is 0 Å². The zero-order valence-electron chi connectivity index (χ0n) is 13.2. The summed E-state index contributed by atoms with van der Waals surface area (Å²) in [6, 6.07) is 29.5. The Morgan fingerprint density at radius 3 is 1.38 bits per heavy atom. The summed E-state index contributed by atoms with van der Waals surface area (Å²) in [4.78, 5) is 0. The second-order valence-corrected chi connectivity index (χ2v) is 8.17. The number of anilines is 2. The van der Waals surface area contributed by atoms with Gasteiger partial charge in [0, 0.05) is 13.1 Å². The highest BCUT2D eigenvalue weighted by molar-refractivity contribution is 7.86. The molecule has 1 heterocycles.